The van der Waals surface area contributed by atoms with Crippen molar-refractivity contribution in [3.63, 3.8) is 0 Å². The van der Waals surface area contributed by atoms with Crippen LogP contribution in [0.3, 0.4) is 0 Å². The van der Waals surface area contributed by atoms with E-state index in [4.69, 9.17) is 14.9 Å². The molecular weight excluding hydrogens is 108 g/mol. The standard InChI is InChI=1S/C5H10O3/c1-5(4(6)7)2-8-3-5/h4,6-7H,2-3H2,1H3. The maximum atomic E-state index is 8.61. The molecule has 0 saturated carbocycles. The zero-order valence-electron chi connectivity index (χ0n) is 4.79. The SMILES string of the molecule is CC1(C(O)O)COC1. The van der Waals surface area contributed by atoms with Gasteiger partial charge in [0.05, 0.1) is 18.6 Å². The summed E-state index contributed by atoms with van der Waals surface area (Å²) in [4.78, 5) is 0. The third-order valence-electron chi connectivity index (χ3n) is 1.49. The molecule has 1 heterocycles. The second kappa shape index (κ2) is 1.69. The highest BCUT2D eigenvalue weighted by Crippen LogP contribution is 2.28. The molecule has 0 unspecified atom stereocenters. The molecule has 1 saturated heterocycles. The van der Waals surface area contributed by atoms with Crippen LogP contribution in [0.1, 0.15) is 6.92 Å². The predicted molar refractivity (Wildman–Crippen MR) is 27.2 cm³/mol. The summed E-state index contributed by atoms with van der Waals surface area (Å²) in [7, 11) is 0. The first kappa shape index (κ1) is 6.01. The van der Waals surface area contributed by atoms with Crippen LogP contribution in [-0.4, -0.2) is 29.7 Å². The third-order valence-corrected chi connectivity index (χ3v) is 1.49. The molecule has 3 nitrogen and oxygen atoms in total. The molecule has 1 rings (SSSR count). The average molecular weight is 118 g/mol. The van der Waals surface area contributed by atoms with Gasteiger partial charge in [0.1, 0.15) is 0 Å². The Balaban J connectivity index is 2.41. The number of hydrogen-bond donors (Lipinski definition) is 2. The second-order valence-electron chi connectivity index (χ2n) is 2.52. The molecule has 0 aromatic carbocycles. The smallest absolute Gasteiger partial charge is 0.161 e. The Morgan fingerprint density at radius 2 is 2.00 bits per heavy atom. The monoisotopic (exact) mass is 118 g/mol. The van der Waals surface area contributed by atoms with Gasteiger partial charge in [-0.1, -0.05) is 6.92 Å². The van der Waals surface area contributed by atoms with Crippen LogP contribution in [0, 0.1) is 5.41 Å². The van der Waals surface area contributed by atoms with Gasteiger partial charge in [0.15, 0.2) is 6.29 Å². The van der Waals surface area contributed by atoms with Crippen LogP contribution in [-0.2, 0) is 4.74 Å². The molecule has 0 radical (unpaired) electrons. The van der Waals surface area contributed by atoms with Crippen molar-refractivity contribution in [1.29, 1.82) is 0 Å². The minimum atomic E-state index is -1.23. The molecule has 0 bridgehead atoms. The molecule has 48 valence electrons. The van der Waals surface area contributed by atoms with Gasteiger partial charge in [0.2, 0.25) is 0 Å². The molecule has 2 N–H and O–H groups in total. The lowest BCUT2D eigenvalue weighted by Crippen LogP contribution is -2.48. The lowest BCUT2D eigenvalue weighted by molar-refractivity contribution is -0.231. The fourth-order valence-corrected chi connectivity index (χ4v) is 0.573. The van der Waals surface area contributed by atoms with E-state index in [0.29, 0.717) is 13.2 Å². The zero-order valence-corrected chi connectivity index (χ0v) is 4.79. The van der Waals surface area contributed by atoms with Crippen molar-refractivity contribution in [2.75, 3.05) is 13.2 Å². The number of hydrogen-bond acceptors (Lipinski definition) is 3. The van der Waals surface area contributed by atoms with Crippen LogP contribution in [0.2, 0.25) is 0 Å². The normalized spacial score (nSPS) is 25.5. The molecule has 1 aliphatic heterocycles. The van der Waals surface area contributed by atoms with E-state index in [1.54, 1.807) is 6.92 Å². The van der Waals surface area contributed by atoms with Gasteiger partial charge in [0, 0.05) is 0 Å². The zero-order chi connectivity index (χ0) is 6.20. The molecule has 1 fully saturated rings. The molecule has 0 spiro atoms. The van der Waals surface area contributed by atoms with E-state index < -0.39 is 6.29 Å². The van der Waals surface area contributed by atoms with E-state index in [9.17, 15) is 0 Å². The lowest BCUT2D eigenvalue weighted by Gasteiger charge is -2.38. The van der Waals surface area contributed by atoms with Crippen molar-refractivity contribution in [1.82, 2.24) is 0 Å². The van der Waals surface area contributed by atoms with Crippen molar-refractivity contribution in [3.8, 4) is 0 Å². The summed E-state index contributed by atoms with van der Waals surface area (Å²) >= 11 is 0. The molecular formula is C5H10O3. The van der Waals surface area contributed by atoms with Gasteiger partial charge in [-0.05, 0) is 0 Å². The highest BCUT2D eigenvalue weighted by molar-refractivity contribution is 4.82. The van der Waals surface area contributed by atoms with E-state index in [2.05, 4.69) is 0 Å². The first-order valence-electron chi connectivity index (χ1n) is 2.59. The van der Waals surface area contributed by atoms with Crippen LogP contribution in [0.25, 0.3) is 0 Å². The quantitative estimate of drug-likeness (QED) is 0.449. The number of ether oxygens (including phenoxy) is 1. The van der Waals surface area contributed by atoms with E-state index in [1.807, 2.05) is 0 Å². The summed E-state index contributed by atoms with van der Waals surface area (Å²) in [6.07, 6.45) is -1.23. The predicted octanol–water partition coefficient (Wildman–Crippen LogP) is -0.666. The Morgan fingerprint density at radius 3 is 2.00 bits per heavy atom. The van der Waals surface area contributed by atoms with Gasteiger partial charge in [-0.25, -0.2) is 0 Å². The first-order chi connectivity index (χ1) is 3.65. The minimum absolute atomic E-state index is 0.389. The molecule has 0 aromatic rings. The van der Waals surface area contributed by atoms with Gasteiger partial charge in [-0.3, -0.25) is 0 Å². The van der Waals surface area contributed by atoms with E-state index in [-0.39, 0.29) is 5.41 Å². The summed E-state index contributed by atoms with van der Waals surface area (Å²) < 4.78 is 4.78. The van der Waals surface area contributed by atoms with Crippen LogP contribution in [0.15, 0.2) is 0 Å². The Hall–Kier alpha value is -0.120. The maximum absolute atomic E-state index is 8.61. The summed E-state index contributed by atoms with van der Waals surface area (Å²) in [5, 5.41) is 17.2. The second-order valence-corrected chi connectivity index (χ2v) is 2.52. The third kappa shape index (κ3) is 0.727. The lowest BCUT2D eigenvalue weighted by atomic mass is 9.88. The van der Waals surface area contributed by atoms with Crippen molar-refractivity contribution in [2.24, 2.45) is 5.41 Å². The fourth-order valence-electron chi connectivity index (χ4n) is 0.573. The molecule has 0 amide bonds. The molecule has 0 aliphatic carbocycles. The average Bonchev–Trinajstić information content (AvgIpc) is 1.60. The van der Waals surface area contributed by atoms with E-state index in [1.165, 1.54) is 0 Å². The molecule has 0 aromatic heterocycles. The van der Waals surface area contributed by atoms with Crippen molar-refractivity contribution >= 4 is 0 Å². The first-order valence-corrected chi connectivity index (χ1v) is 2.59. The summed E-state index contributed by atoms with van der Waals surface area (Å²) in [6.45, 7) is 2.70. The Morgan fingerprint density at radius 1 is 1.50 bits per heavy atom. The van der Waals surface area contributed by atoms with Crippen molar-refractivity contribution < 1.29 is 14.9 Å². The van der Waals surface area contributed by atoms with Gasteiger partial charge in [-0.2, -0.15) is 0 Å². The van der Waals surface area contributed by atoms with Crippen molar-refractivity contribution in [3.05, 3.63) is 0 Å². The Labute approximate surface area is 47.9 Å². The number of rotatable bonds is 1. The van der Waals surface area contributed by atoms with E-state index in [0.717, 1.165) is 0 Å². The minimum Gasteiger partial charge on any atom is -0.380 e. The highest BCUT2D eigenvalue weighted by atomic mass is 16.5. The summed E-state index contributed by atoms with van der Waals surface area (Å²) in [5.74, 6) is 0. The van der Waals surface area contributed by atoms with Gasteiger partial charge in [0.25, 0.3) is 0 Å². The van der Waals surface area contributed by atoms with Gasteiger partial charge >= 0.3 is 0 Å². The molecule has 3 heteroatoms. The topological polar surface area (TPSA) is 49.7 Å². The summed E-state index contributed by atoms with van der Waals surface area (Å²) in [6, 6.07) is 0. The molecule has 0 atom stereocenters. The number of aliphatic hydroxyl groups excluding tert-OH is 1. The number of aliphatic hydroxyl groups is 2. The largest absolute Gasteiger partial charge is 0.380 e. The molecule has 8 heavy (non-hydrogen) atoms. The fraction of sp³-hybridized carbons (Fsp3) is 1.00. The Bertz CT molecular complexity index is 85.7. The molecule has 1 aliphatic rings. The highest BCUT2D eigenvalue weighted by Gasteiger charge is 2.39. The van der Waals surface area contributed by atoms with Crippen molar-refractivity contribution in [2.45, 2.75) is 13.2 Å². The summed E-state index contributed by atoms with van der Waals surface area (Å²) in [5.41, 5.74) is -0.389. The van der Waals surface area contributed by atoms with Crippen LogP contribution < -0.4 is 0 Å². The van der Waals surface area contributed by atoms with Crippen LogP contribution in [0.5, 0.6) is 0 Å². The van der Waals surface area contributed by atoms with Gasteiger partial charge in [-0.15, -0.1) is 0 Å². The maximum Gasteiger partial charge on any atom is 0.161 e. The van der Waals surface area contributed by atoms with Gasteiger partial charge < -0.3 is 14.9 Å². The Kier molecular flexibility index (Phi) is 1.27. The van der Waals surface area contributed by atoms with Crippen LogP contribution >= 0.6 is 0 Å². The van der Waals surface area contributed by atoms with E-state index >= 15 is 0 Å². The van der Waals surface area contributed by atoms with Crippen LogP contribution in [0.4, 0.5) is 0 Å².